The van der Waals surface area contributed by atoms with Crippen molar-refractivity contribution in [2.45, 2.75) is 59.2 Å². The molecule has 1 atom stereocenters. The molecule has 1 aliphatic rings. The Labute approximate surface area is 189 Å². The van der Waals surface area contributed by atoms with Crippen molar-refractivity contribution in [3.8, 4) is 16.9 Å². The number of benzene rings is 2. The monoisotopic (exact) mass is 440 g/mol. The Hall–Kier alpha value is -3.06. The van der Waals surface area contributed by atoms with Gasteiger partial charge >= 0.3 is 5.97 Å². The van der Waals surface area contributed by atoms with Crippen LogP contribution in [0.2, 0.25) is 0 Å². The molecule has 0 saturated carbocycles. The summed E-state index contributed by atoms with van der Waals surface area (Å²) >= 11 is 0. The first-order valence-electron chi connectivity index (χ1n) is 10.8. The lowest BCUT2D eigenvalue weighted by atomic mass is 9.85. The zero-order chi connectivity index (χ0) is 23.6. The molecule has 0 spiro atoms. The largest absolute Gasteiger partial charge is 0.493 e. The van der Waals surface area contributed by atoms with Gasteiger partial charge in [-0.1, -0.05) is 6.07 Å². The van der Waals surface area contributed by atoms with Crippen molar-refractivity contribution in [2.75, 3.05) is 24.3 Å². The molecule has 0 saturated heterocycles. The Kier molecular flexibility index (Phi) is 6.79. The van der Waals surface area contributed by atoms with E-state index in [0.29, 0.717) is 29.8 Å². The lowest BCUT2D eigenvalue weighted by Crippen LogP contribution is -2.28. The molecule has 0 radical (unpaired) electrons. The minimum absolute atomic E-state index is 0.532. The van der Waals surface area contributed by atoms with Crippen LogP contribution < -0.4 is 15.4 Å². The van der Waals surface area contributed by atoms with Gasteiger partial charge in [-0.05, 0) is 87.4 Å². The fraction of sp³-hybridized carbons (Fsp3) is 0.440. The zero-order valence-electron chi connectivity index (χ0n) is 19.6. The van der Waals surface area contributed by atoms with Crippen LogP contribution in [0.1, 0.15) is 55.5 Å². The van der Waals surface area contributed by atoms with E-state index in [1.807, 2.05) is 46.8 Å². The van der Waals surface area contributed by atoms with Gasteiger partial charge in [0.05, 0.1) is 23.6 Å². The Morgan fingerprint density at radius 1 is 1.22 bits per heavy atom. The lowest BCUT2D eigenvalue weighted by Gasteiger charge is -2.31. The second-order valence-electron chi connectivity index (χ2n) is 9.02. The number of amides is 1. The molecule has 1 aliphatic heterocycles. The molecule has 2 aromatic rings. The van der Waals surface area contributed by atoms with Crippen molar-refractivity contribution < 1.29 is 24.2 Å². The summed E-state index contributed by atoms with van der Waals surface area (Å²) in [6, 6.07) is 5.97. The Morgan fingerprint density at radius 3 is 2.53 bits per heavy atom. The van der Waals surface area contributed by atoms with E-state index < -0.39 is 17.7 Å². The molecule has 0 fully saturated rings. The first-order valence-corrected chi connectivity index (χ1v) is 10.8. The number of carbonyl (C=O) groups excluding carboxylic acids is 1. The van der Waals surface area contributed by atoms with E-state index in [1.165, 1.54) is 0 Å². The highest BCUT2D eigenvalue weighted by Crippen LogP contribution is 2.46. The lowest BCUT2D eigenvalue weighted by molar-refractivity contribution is -0.160. The van der Waals surface area contributed by atoms with Crippen molar-refractivity contribution in [3.05, 3.63) is 40.5 Å². The zero-order valence-corrected chi connectivity index (χ0v) is 19.6. The van der Waals surface area contributed by atoms with Crippen molar-refractivity contribution in [3.63, 3.8) is 0 Å². The third-order valence-corrected chi connectivity index (χ3v) is 5.66. The number of aryl methyl sites for hydroxylation is 1. The Morgan fingerprint density at radius 2 is 1.94 bits per heavy atom. The Balaban J connectivity index is 2.37. The molecule has 1 amide bonds. The van der Waals surface area contributed by atoms with E-state index in [0.717, 1.165) is 46.5 Å². The molecular formula is C25H32N2O5. The molecule has 0 bridgehead atoms. The maximum absolute atomic E-state index is 12.4. The van der Waals surface area contributed by atoms with Gasteiger partial charge in [-0.2, -0.15) is 0 Å². The maximum atomic E-state index is 12.4. The van der Waals surface area contributed by atoms with Crippen LogP contribution in [0.3, 0.4) is 0 Å². The predicted molar refractivity (Wildman–Crippen MR) is 126 cm³/mol. The predicted octanol–water partition coefficient (Wildman–Crippen LogP) is 4.85. The second-order valence-corrected chi connectivity index (χ2v) is 9.02. The van der Waals surface area contributed by atoms with Crippen LogP contribution in [0.15, 0.2) is 18.2 Å². The van der Waals surface area contributed by atoms with Gasteiger partial charge in [0.15, 0.2) is 6.10 Å². The number of ether oxygens (including phenoxy) is 2. The highest BCUT2D eigenvalue weighted by atomic mass is 16.5. The second kappa shape index (κ2) is 9.20. The van der Waals surface area contributed by atoms with E-state index in [-0.39, 0.29) is 0 Å². The quantitative estimate of drug-likeness (QED) is 0.533. The summed E-state index contributed by atoms with van der Waals surface area (Å²) in [5, 5.41) is 16.1. The summed E-state index contributed by atoms with van der Waals surface area (Å²) in [4.78, 5) is 23.8. The highest BCUT2D eigenvalue weighted by molar-refractivity contribution is 5.94. The number of aliphatic carboxylic acids is 1. The highest BCUT2D eigenvalue weighted by Gasteiger charge is 2.33. The molecule has 0 aromatic heterocycles. The molecule has 1 heterocycles. The van der Waals surface area contributed by atoms with Crippen molar-refractivity contribution >= 4 is 23.8 Å². The van der Waals surface area contributed by atoms with Gasteiger partial charge in [0.25, 0.3) is 0 Å². The van der Waals surface area contributed by atoms with Crippen molar-refractivity contribution in [2.24, 2.45) is 0 Å². The van der Waals surface area contributed by atoms with Gasteiger partial charge < -0.3 is 25.2 Å². The number of nitrogens with one attached hydrogen (secondary N) is 2. The summed E-state index contributed by atoms with van der Waals surface area (Å²) in [6.07, 6.45) is 1.23. The van der Waals surface area contributed by atoms with Crippen LogP contribution in [0, 0.1) is 13.8 Å². The number of rotatable bonds is 7. The molecule has 172 valence electrons. The Bertz CT molecular complexity index is 1040. The third kappa shape index (κ3) is 4.58. The third-order valence-electron chi connectivity index (χ3n) is 5.66. The summed E-state index contributed by atoms with van der Waals surface area (Å²) in [5.41, 5.74) is 5.38. The first-order chi connectivity index (χ1) is 15.1. The molecule has 7 heteroatoms. The normalized spacial score (nSPS) is 14.2. The van der Waals surface area contributed by atoms with Crippen LogP contribution in [-0.4, -0.2) is 36.7 Å². The molecule has 7 nitrogen and oxygen atoms in total. The van der Waals surface area contributed by atoms with Gasteiger partial charge in [0.1, 0.15) is 5.75 Å². The van der Waals surface area contributed by atoms with Crippen molar-refractivity contribution in [1.29, 1.82) is 0 Å². The molecule has 0 aliphatic carbocycles. The fourth-order valence-corrected chi connectivity index (χ4v) is 4.38. The van der Waals surface area contributed by atoms with E-state index in [9.17, 15) is 14.7 Å². The first kappa shape index (κ1) is 23.6. The maximum Gasteiger partial charge on any atom is 0.337 e. The topological polar surface area (TPSA) is 96.9 Å². The molecule has 2 aromatic carbocycles. The number of carbonyl (C=O) groups is 2. The number of carboxylic acids is 1. The average molecular weight is 441 g/mol. The number of carboxylic acid groups (broad SMARTS) is 1. The SMILES string of the molecule is CNc1c(C)c(-c2ccc3c(c2)CCCO3)c(C(OC(C)(C)C)C(=O)O)c(C)c1NC=O. The average Bonchev–Trinajstić information content (AvgIpc) is 2.73. The van der Waals surface area contributed by atoms with E-state index in [1.54, 1.807) is 7.05 Å². The van der Waals surface area contributed by atoms with Gasteiger partial charge in [0.2, 0.25) is 6.41 Å². The van der Waals surface area contributed by atoms with Crippen LogP contribution >= 0.6 is 0 Å². The van der Waals surface area contributed by atoms with Gasteiger partial charge in [-0.25, -0.2) is 4.79 Å². The smallest absolute Gasteiger partial charge is 0.337 e. The van der Waals surface area contributed by atoms with Gasteiger partial charge in [0, 0.05) is 12.6 Å². The molecule has 1 unspecified atom stereocenters. The summed E-state index contributed by atoms with van der Waals surface area (Å²) in [6.45, 7) is 9.92. The summed E-state index contributed by atoms with van der Waals surface area (Å²) < 4.78 is 11.8. The van der Waals surface area contributed by atoms with E-state index >= 15 is 0 Å². The van der Waals surface area contributed by atoms with Crippen LogP contribution in [-0.2, 0) is 20.7 Å². The summed E-state index contributed by atoms with van der Waals surface area (Å²) in [5.74, 6) is -0.219. The van der Waals surface area contributed by atoms with Crippen LogP contribution in [0.5, 0.6) is 5.75 Å². The van der Waals surface area contributed by atoms with Crippen molar-refractivity contribution in [1.82, 2.24) is 0 Å². The van der Waals surface area contributed by atoms with Gasteiger partial charge in [-0.3, -0.25) is 4.79 Å². The minimum Gasteiger partial charge on any atom is -0.493 e. The van der Waals surface area contributed by atoms with Crippen LogP contribution in [0.4, 0.5) is 11.4 Å². The molecule has 32 heavy (non-hydrogen) atoms. The van der Waals surface area contributed by atoms with Crippen LogP contribution in [0.25, 0.3) is 11.1 Å². The number of fused-ring (bicyclic) bond motifs is 1. The molecule has 3 rings (SSSR count). The van der Waals surface area contributed by atoms with E-state index in [2.05, 4.69) is 16.7 Å². The fourth-order valence-electron chi connectivity index (χ4n) is 4.38. The number of anilines is 2. The minimum atomic E-state index is -1.21. The number of hydrogen-bond acceptors (Lipinski definition) is 5. The standard InChI is InChI=1S/C25H32N2O5/c1-14-19(17-9-10-18-16(12-17)8-7-11-31-18)20(23(24(29)30)32-25(3,4)5)15(2)22(27-13-28)21(14)26-6/h9-10,12-13,23,26H,7-8,11H2,1-6H3,(H,27,28)(H,29,30). The van der Waals surface area contributed by atoms with E-state index in [4.69, 9.17) is 9.47 Å². The number of hydrogen-bond donors (Lipinski definition) is 3. The van der Waals surface area contributed by atoms with Gasteiger partial charge in [-0.15, -0.1) is 0 Å². The summed E-state index contributed by atoms with van der Waals surface area (Å²) in [7, 11) is 1.78. The molecule has 3 N–H and O–H groups in total. The molecular weight excluding hydrogens is 408 g/mol.